The second-order valence-corrected chi connectivity index (χ2v) is 8.74. The van der Waals surface area contributed by atoms with Crippen molar-refractivity contribution in [2.75, 3.05) is 19.5 Å². The Bertz CT molecular complexity index is 1490. The number of carbonyl (C=O) groups is 1. The monoisotopic (exact) mass is 479 g/mol. The summed E-state index contributed by atoms with van der Waals surface area (Å²) in [6.45, 7) is 0. The Hall–Kier alpha value is -4.31. The van der Waals surface area contributed by atoms with Gasteiger partial charge in [0.1, 0.15) is 22.6 Å². The van der Waals surface area contributed by atoms with Crippen LogP contribution < -0.4 is 25.2 Å². The molecule has 174 valence electrons. The molecule has 0 spiro atoms. The first-order chi connectivity index (χ1) is 16.4. The highest BCUT2D eigenvalue weighted by atomic mass is 32.2. The Morgan fingerprint density at radius 2 is 1.53 bits per heavy atom. The van der Waals surface area contributed by atoms with Crippen LogP contribution in [0.4, 0.5) is 5.69 Å². The van der Waals surface area contributed by atoms with E-state index in [1.54, 1.807) is 66.7 Å². The highest BCUT2D eigenvalue weighted by molar-refractivity contribution is 7.89. The first kappa shape index (κ1) is 22.9. The number of hydrogen-bond donors (Lipinski definition) is 2. The van der Waals surface area contributed by atoms with Crippen LogP contribution in [0.5, 0.6) is 11.5 Å². The predicted molar refractivity (Wildman–Crippen MR) is 126 cm³/mol. The Labute approximate surface area is 195 Å². The number of methoxy groups -OCH3 is 2. The fourth-order valence-corrected chi connectivity index (χ4v) is 3.97. The molecule has 4 aromatic rings. The number of benzene rings is 3. The maximum Gasteiger partial charge on any atom is 0.276 e. The normalized spacial score (nSPS) is 11.8. The Balaban J connectivity index is 1.75. The van der Waals surface area contributed by atoms with Crippen molar-refractivity contribution in [1.82, 2.24) is 4.83 Å². The lowest BCUT2D eigenvalue weighted by atomic mass is 10.1. The molecule has 9 nitrogen and oxygen atoms in total. The standard InChI is InChI=1S/C24H21N3O6S/c1-31-18-13-17(14-19(15-18)32-2)25-23(28)21-12-16-8-6-7-11-22(16)33-24(21)26-27-34(29,30)20-9-4-3-5-10-20/h3-15,27H,1-2H3,(H,25,28)/b26-24+. The summed E-state index contributed by atoms with van der Waals surface area (Å²) in [6, 6.07) is 21.2. The summed E-state index contributed by atoms with van der Waals surface area (Å²) >= 11 is 0. The number of carbonyl (C=O) groups excluding carboxylic acids is 1. The zero-order chi connectivity index (χ0) is 24.1. The van der Waals surface area contributed by atoms with Gasteiger partial charge in [0.15, 0.2) is 0 Å². The molecule has 1 aromatic heterocycles. The van der Waals surface area contributed by atoms with Gasteiger partial charge in [-0.1, -0.05) is 36.4 Å². The zero-order valence-corrected chi connectivity index (χ0v) is 19.1. The van der Waals surface area contributed by atoms with Gasteiger partial charge in [0.25, 0.3) is 15.9 Å². The first-order valence-corrected chi connectivity index (χ1v) is 11.6. The molecule has 0 unspecified atom stereocenters. The number of ether oxygens (including phenoxy) is 2. The van der Waals surface area contributed by atoms with Crippen molar-refractivity contribution in [1.29, 1.82) is 0 Å². The van der Waals surface area contributed by atoms with E-state index in [0.29, 0.717) is 28.2 Å². The van der Waals surface area contributed by atoms with Crippen molar-refractivity contribution in [2.45, 2.75) is 4.90 Å². The van der Waals surface area contributed by atoms with E-state index in [1.807, 2.05) is 0 Å². The SMILES string of the molecule is COc1cc(NC(=O)c2cc3ccccc3o/c2=N/NS(=O)(=O)c2ccccc2)cc(OC)c1. The van der Waals surface area contributed by atoms with E-state index in [1.165, 1.54) is 26.4 Å². The van der Waals surface area contributed by atoms with Crippen LogP contribution in [-0.2, 0) is 10.0 Å². The van der Waals surface area contributed by atoms with Gasteiger partial charge in [0, 0.05) is 29.3 Å². The van der Waals surface area contributed by atoms with Crippen molar-refractivity contribution in [3.8, 4) is 11.5 Å². The maximum atomic E-state index is 13.2. The molecular weight excluding hydrogens is 458 g/mol. The van der Waals surface area contributed by atoms with Gasteiger partial charge >= 0.3 is 0 Å². The molecule has 0 saturated carbocycles. The van der Waals surface area contributed by atoms with Crippen LogP contribution >= 0.6 is 0 Å². The lowest BCUT2D eigenvalue weighted by molar-refractivity contribution is 0.102. The molecule has 34 heavy (non-hydrogen) atoms. The minimum absolute atomic E-state index is 0.0222. The van der Waals surface area contributed by atoms with Crippen LogP contribution in [0.2, 0.25) is 0 Å². The minimum Gasteiger partial charge on any atom is -0.497 e. The molecule has 0 radical (unpaired) electrons. The fourth-order valence-electron chi connectivity index (χ4n) is 3.15. The number of sulfonamides is 1. The minimum atomic E-state index is -3.97. The van der Waals surface area contributed by atoms with Crippen molar-refractivity contribution in [3.63, 3.8) is 0 Å². The Morgan fingerprint density at radius 3 is 2.21 bits per heavy atom. The molecule has 3 aromatic carbocycles. The van der Waals surface area contributed by atoms with Crippen LogP contribution in [0.3, 0.4) is 0 Å². The van der Waals surface area contributed by atoms with Gasteiger partial charge in [0.05, 0.1) is 19.1 Å². The summed E-state index contributed by atoms with van der Waals surface area (Å²) in [5, 5.41) is 7.30. The summed E-state index contributed by atoms with van der Waals surface area (Å²) in [5.74, 6) is 0.402. The quantitative estimate of drug-likeness (QED) is 0.392. The molecular formula is C24H21N3O6S. The number of rotatable bonds is 7. The summed E-state index contributed by atoms with van der Waals surface area (Å²) < 4.78 is 41.5. The summed E-state index contributed by atoms with van der Waals surface area (Å²) in [7, 11) is -0.976. The van der Waals surface area contributed by atoms with Crippen molar-refractivity contribution in [2.24, 2.45) is 5.10 Å². The third-order valence-corrected chi connectivity index (χ3v) is 6.06. The largest absolute Gasteiger partial charge is 0.497 e. The van der Waals surface area contributed by atoms with Crippen molar-refractivity contribution >= 4 is 32.6 Å². The molecule has 0 saturated heterocycles. The van der Waals surface area contributed by atoms with E-state index in [0.717, 1.165) is 0 Å². The highest BCUT2D eigenvalue weighted by Crippen LogP contribution is 2.26. The number of hydrogen-bond acceptors (Lipinski definition) is 7. The third kappa shape index (κ3) is 5.02. The molecule has 0 aliphatic heterocycles. The molecule has 0 aliphatic rings. The topological polar surface area (TPSA) is 119 Å². The average Bonchev–Trinajstić information content (AvgIpc) is 2.87. The van der Waals surface area contributed by atoms with E-state index in [-0.39, 0.29) is 16.0 Å². The maximum absolute atomic E-state index is 13.2. The summed E-state index contributed by atoms with van der Waals surface area (Å²) in [4.78, 5) is 15.3. The highest BCUT2D eigenvalue weighted by Gasteiger charge is 2.16. The van der Waals surface area contributed by atoms with Crippen molar-refractivity contribution in [3.05, 3.63) is 90.0 Å². The van der Waals surface area contributed by atoms with E-state index in [9.17, 15) is 13.2 Å². The third-order valence-electron chi connectivity index (χ3n) is 4.83. The number of amides is 1. The second-order valence-electron chi connectivity index (χ2n) is 7.08. The molecule has 1 heterocycles. The van der Waals surface area contributed by atoms with Crippen LogP contribution in [0.1, 0.15) is 10.4 Å². The zero-order valence-electron chi connectivity index (χ0n) is 18.3. The number of para-hydroxylation sites is 1. The van der Waals surface area contributed by atoms with Crippen LogP contribution in [0.25, 0.3) is 11.0 Å². The lowest BCUT2D eigenvalue weighted by Gasteiger charge is -2.10. The molecule has 0 bridgehead atoms. The number of nitrogens with zero attached hydrogens (tertiary/aromatic N) is 1. The van der Waals surface area contributed by atoms with Crippen LogP contribution in [0.15, 0.2) is 93.3 Å². The molecule has 2 N–H and O–H groups in total. The summed E-state index contributed by atoms with van der Waals surface area (Å²) in [6.07, 6.45) is 0. The average molecular weight is 480 g/mol. The predicted octanol–water partition coefficient (Wildman–Crippen LogP) is 3.50. The van der Waals surface area contributed by atoms with Gasteiger partial charge in [-0.3, -0.25) is 4.79 Å². The molecule has 0 atom stereocenters. The molecule has 1 amide bonds. The van der Waals surface area contributed by atoms with E-state index >= 15 is 0 Å². The second kappa shape index (κ2) is 9.67. The molecule has 10 heteroatoms. The van der Waals surface area contributed by atoms with Gasteiger partial charge in [-0.2, -0.15) is 13.2 Å². The van der Waals surface area contributed by atoms with E-state index in [2.05, 4.69) is 15.2 Å². The number of nitrogens with one attached hydrogen (secondary N) is 2. The van der Waals surface area contributed by atoms with Crippen molar-refractivity contribution < 1.29 is 27.1 Å². The smallest absolute Gasteiger partial charge is 0.276 e. The summed E-state index contributed by atoms with van der Waals surface area (Å²) in [5.41, 5.74) is 0.659. The lowest BCUT2D eigenvalue weighted by Crippen LogP contribution is -2.27. The molecule has 0 fully saturated rings. The van der Waals surface area contributed by atoms with Gasteiger partial charge in [-0.25, -0.2) is 0 Å². The first-order valence-electron chi connectivity index (χ1n) is 10.1. The van der Waals surface area contributed by atoms with Gasteiger partial charge < -0.3 is 19.2 Å². The number of anilines is 1. The Morgan fingerprint density at radius 1 is 0.882 bits per heavy atom. The molecule has 0 aliphatic carbocycles. The molecule has 4 rings (SSSR count). The van der Waals surface area contributed by atoms with Crippen LogP contribution in [0, 0.1) is 0 Å². The van der Waals surface area contributed by atoms with E-state index < -0.39 is 15.9 Å². The number of fused-ring (bicyclic) bond motifs is 1. The van der Waals surface area contributed by atoms with Gasteiger partial charge in [-0.05, 0) is 24.3 Å². The van der Waals surface area contributed by atoms with Gasteiger partial charge in [0.2, 0.25) is 5.55 Å². The van der Waals surface area contributed by atoms with Crippen LogP contribution in [-0.4, -0.2) is 28.5 Å². The Kier molecular flexibility index (Phi) is 6.51. The fraction of sp³-hybridized carbons (Fsp3) is 0.0833. The van der Waals surface area contributed by atoms with E-state index in [4.69, 9.17) is 13.9 Å². The van der Waals surface area contributed by atoms with Gasteiger partial charge in [-0.15, -0.1) is 5.10 Å².